The number of benzene rings is 2. The summed E-state index contributed by atoms with van der Waals surface area (Å²) in [5, 5.41) is 3.15. The third-order valence-electron chi connectivity index (χ3n) is 6.05. The molecule has 2 amide bonds. The normalized spacial score (nSPS) is 19.8. The summed E-state index contributed by atoms with van der Waals surface area (Å²) in [5.41, 5.74) is 7.40. The molecule has 7 nitrogen and oxygen atoms in total. The summed E-state index contributed by atoms with van der Waals surface area (Å²) in [5.74, 6) is -0.393. The Morgan fingerprint density at radius 2 is 1.91 bits per heavy atom. The van der Waals surface area contributed by atoms with Crippen LogP contribution < -0.4 is 15.7 Å². The molecule has 0 aromatic heterocycles. The molecule has 0 saturated carbocycles. The number of fused-ring (bicyclic) bond motifs is 1. The molecule has 174 valence electrons. The number of rotatable bonds is 7. The first-order valence-corrected chi connectivity index (χ1v) is 11.5. The van der Waals surface area contributed by atoms with E-state index in [2.05, 4.69) is 16.9 Å². The van der Waals surface area contributed by atoms with Crippen molar-refractivity contribution in [2.24, 2.45) is 0 Å². The van der Waals surface area contributed by atoms with Gasteiger partial charge in [-0.05, 0) is 72.7 Å². The van der Waals surface area contributed by atoms with Crippen LogP contribution in [0.25, 0.3) is 6.08 Å². The molecule has 0 spiro atoms. The number of amides is 2. The van der Waals surface area contributed by atoms with Crippen molar-refractivity contribution in [2.75, 3.05) is 25.6 Å². The summed E-state index contributed by atoms with van der Waals surface area (Å²) >= 11 is 0. The van der Waals surface area contributed by atoms with Gasteiger partial charge in [0.15, 0.2) is 6.29 Å². The van der Waals surface area contributed by atoms with E-state index in [1.54, 1.807) is 6.08 Å². The lowest BCUT2D eigenvalue weighted by atomic mass is 10.0. The standard InChI is InChI=1S/C26H31N3O4/c1-29(2)21-11-8-19(9-12-21)26(31)27-23-14-10-20-17-18(6-13-22(20)23)7-15-24(30)28-33-25-5-3-4-16-32-25/h6-9,11-13,15,17,23,25H,3-5,10,14,16H2,1-2H3,(H,27,31)(H,28,30)/b15-7+/t23?,25-/m0/s1. The molecule has 1 saturated heterocycles. The number of nitrogens with one attached hydrogen (secondary N) is 2. The Hall–Kier alpha value is -3.16. The van der Waals surface area contributed by atoms with E-state index >= 15 is 0 Å². The Bertz CT molecular complexity index is 1010. The lowest BCUT2D eigenvalue weighted by Crippen LogP contribution is -2.32. The molecule has 2 aliphatic rings. The van der Waals surface area contributed by atoms with Gasteiger partial charge in [0.25, 0.3) is 11.8 Å². The first kappa shape index (κ1) is 23.0. The molecule has 2 aromatic carbocycles. The number of ether oxygens (including phenoxy) is 1. The predicted octanol–water partition coefficient (Wildman–Crippen LogP) is 3.76. The van der Waals surface area contributed by atoms with Gasteiger partial charge < -0.3 is 15.0 Å². The van der Waals surface area contributed by atoms with Crippen molar-refractivity contribution in [3.05, 3.63) is 70.8 Å². The van der Waals surface area contributed by atoms with E-state index in [1.807, 2.05) is 55.4 Å². The van der Waals surface area contributed by atoms with Crippen molar-refractivity contribution in [3.8, 4) is 0 Å². The van der Waals surface area contributed by atoms with E-state index in [0.29, 0.717) is 12.2 Å². The topological polar surface area (TPSA) is 79.9 Å². The number of hydrogen-bond acceptors (Lipinski definition) is 5. The zero-order valence-corrected chi connectivity index (χ0v) is 19.2. The number of hydrogen-bond donors (Lipinski definition) is 2. The van der Waals surface area contributed by atoms with Crippen LogP contribution in [0.2, 0.25) is 0 Å². The van der Waals surface area contributed by atoms with Crippen molar-refractivity contribution in [1.82, 2.24) is 10.8 Å². The molecule has 1 fully saturated rings. The average molecular weight is 450 g/mol. The fourth-order valence-corrected chi connectivity index (χ4v) is 4.18. The highest BCUT2D eigenvalue weighted by atomic mass is 16.8. The van der Waals surface area contributed by atoms with Crippen molar-refractivity contribution < 1.29 is 19.2 Å². The number of hydroxylamine groups is 1. The number of nitrogens with zero attached hydrogens (tertiary/aromatic N) is 1. The molecule has 33 heavy (non-hydrogen) atoms. The highest BCUT2D eigenvalue weighted by molar-refractivity contribution is 5.95. The number of aryl methyl sites for hydroxylation is 1. The average Bonchev–Trinajstić information content (AvgIpc) is 3.24. The van der Waals surface area contributed by atoms with E-state index in [-0.39, 0.29) is 24.1 Å². The van der Waals surface area contributed by atoms with E-state index in [9.17, 15) is 9.59 Å². The van der Waals surface area contributed by atoms with E-state index in [0.717, 1.165) is 48.9 Å². The van der Waals surface area contributed by atoms with Gasteiger partial charge in [-0.15, -0.1) is 0 Å². The Kier molecular flexibility index (Phi) is 7.42. The minimum atomic E-state index is -0.367. The van der Waals surface area contributed by atoms with Gasteiger partial charge >= 0.3 is 0 Å². The van der Waals surface area contributed by atoms with Crippen molar-refractivity contribution in [3.63, 3.8) is 0 Å². The fourth-order valence-electron chi connectivity index (χ4n) is 4.18. The zero-order valence-electron chi connectivity index (χ0n) is 19.2. The van der Waals surface area contributed by atoms with Crippen LogP contribution in [0.15, 0.2) is 48.5 Å². The minimum Gasteiger partial charge on any atom is -0.378 e. The van der Waals surface area contributed by atoms with Crippen LogP contribution in [0.1, 0.15) is 58.8 Å². The quantitative estimate of drug-likeness (QED) is 0.497. The molecule has 2 aromatic rings. The third kappa shape index (κ3) is 6.00. The molecular weight excluding hydrogens is 418 g/mol. The summed E-state index contributed by atoms with van der Waals surface area (Å²) in [4.78, 5) is 32.0. The van der Waals surface area contributed by atoms with Gasteiger partial charge in [-0.25, -0.2) is 10.3 Å². The summed E-state index contributed by atoms with van der Waals surface area (Å²) in [7, 11) is 3.95. The van der Waals surface area contributed by atoms with E-state index < -0.39 is 0 Å². The SMILES string of the molecule is CN(C)c1ccc(C(=O)NC2CCc3cc(/C=C/C(=O)NO[C@H]4CCCCO4)ccc32)cc1. The maximum absolute atomic E-state index is 12.7. The fraction of sp³-hybridized carbons (Fsp3) is 0.385. The summed E-state index contributed by atoms with van der Waals surface area (Å²) < 4.78 is 5.43. The van der Waals surface area contributed by atoms with E-state index in [4.69, 9.17) is 9.57 Å². The molecule has 1 unspecified atom stereocenters. The van der Waals surface area contributed by atoms with Crippen molar-refractivity contribution in [1.29, 1.82) is 0 Å². The van der Waals surface area contributed by atoms with Gasteiger partial charge in [0, 0.05) is 44.4 Å². The van der Waals surface area contributed by atoms with Crippen LogP contribution in [-0.4, -0.2) is 38.8 Å². The predicted molar refractivity (Wildman–Crippen MR) is 128 cm³/mol. The molecule has 1 heterocycles. The lowest BCUT2D eigenvalue weighted by Gasteiger charge is -2.21. The van der Waals surface area contributed by atoms with Gasteiger partial charge in [-0.1, -0.05) is 18.2 Å². The van der Waals surface area contributed by atoms with E-state index in [1.165, 1.54) is 11.6 Å². The summed E-state index contributed by atoms with van der Waals surface area (Å²) in [6.07, 6.45) is 7.45. The number of anilines is 1. The molecule has 0 radical (unpaired) electrons. The van der Waals surface area contributed by atoms with Crippen LogP contribution in [0.3, 0.4) is 0 Å². The van der Waals surface area contributed by atoms with Gasteiger partial charge in [0.1, 0.15) is 0 Å². The maximum Gasteiger partial charge on any atom is 0.267 e. The van der Waals surface area contributed by atoms with Gasteiger partial charge in [-0.2, -0.15) is 0 Å². The Labute approximate surface area is 194 Å². The summed E-state index contributed by atoms with van der Waals surface area (Å²) in [6.45, 7) is 0.662. The number of carbonyl (C=O) groups excluding carboxylic acids is 2. The van der Waals surface area contributed by atoms with Gasteiger partial charge in [-0.3, -0.25) is 9.59 Å². The first-order chi connectivity index (χ1) is 16.0. The smallest absolute Gasteiger partial charge is 0.267 e. The van der Waals surface area contributed by atoms with Gasteiger partial charge in [0.2, 0.25) is 0 Å². The monoisotopic (exact) mass is 449 g/mol. The highest BCUT2D eigenvalue weighted by Crippen LogP contribution is 2.32. The lowest BCUT2D eigenvalue weighted by molar-refractivity contribution is -0.198. The largest absolute Gasteiger partial charge is 0.378 e. The molecule has 4 rings (SSSR count). The second-order valence-corrected chi connectivity index (χ2v) is 8.68. The van der Waals surface area contributed by atoms with Crippen LogP contribution in [0.4, 0.5) is 5.69 Å². The highest BCUT2D eigenvalue weighted by Gasteiger charge is 2.24. The van der Waals surface area contributed by atoms with Crippen LogP contribution >= 0.6 is 0 Å². The second kappa shape index (κ2) is 10.6. The van der Waals surface area contributed by atoms with Crippen LogP contribution in [-0.2, 0) is 20.8 Å². The van der Waals surface area contributed by atoms with Crippen molar-refractivity contribution in [2.45, 2.75) is 44.4 Å². The molecule has 2 atom stereocenters. The Morgan fingerprint density at radius 1 is 1.09 bits per heavy atom. The molecule has 7 heteroatoms. The first-order valence-electron chi connectivity index (χ1n) is 11.5. The van der Waals surface area contributed by atoms with Crippen LogP contribution in [0.5, 0.6) is 0 Å². The van der Waals surface area contributed by atoms with Crippen LogP contribution in [0, 0.1) is 0 Å². The molecular formula is C26H31N3O4. The third-order valence-corrected chi connectivity index (χ3v) is 6.05. The molecule has 1 aliphatic carbocycles. The Balaban J connectivity index is 1.32. The van der Waals surface area contributed by atoms with Crippen molar-refractivity contribution >= 4 is 23.6 Å². The molecule has 1 aliphatic heterocycles. The Morgan fingerprint density at radius 3 is 2.64 bits per heavy atom. The molecule has 2 N–H and O–H groups in total. The number of carbonyl (C=O) groups is 2. The van der Waals surface area contributed by atoms with Gasteiger partial charge in [0.05, 0.1) is 6.04 Å². The zero-order chi connectivity index (χ0) is 23.2. The molecule has 0 bridgehead atoms. The summed E-state index contributed by atoms with van der Waals surface area (Å²) in [6, 6.07) is 13.6. The second-order valence-electron chi connectivity index (χ2n) is 8.68. The maximum atomic E-state index is 12.7. The minimum absolute atomic E-state index is 0.00810.